The van der Waals surface area contributed by atoms with E-state index < -0.39 is 26.5 Å². The molecule has 0 radical (unpaired) electrons. The van der Waals surface area contributed by atoms with Crippen molar-refractivity contribution in [3.8, 4) is 17.2 Å². The summed E-state index contributed by atoms with van der Waals surface area (Å²) in [4.78, 5) is 15.3. The summed E-state index contributed by atoms with van der Waals surface area (Å²) in [6.07, 6.45) is 1.92. The van der Waals surface area contributed by atoms with Crippen molar-refractivity contribution < 1.29 is 36.0 Å². The van der Waals surface area contributed by atoms with Gasteiger partial charge in [-0.25, -0.2) is 0 Å². The largest absolute Gasteiger partial charge is 0.493 e. The summed E-state index contributed by atoms with van der Waals surface area (Å²) in [6.45, 7) is 6.87. The van der Waals surface area contributed by atoms with Gasteiger partial charge in [-0.2, -0.15) is 8.42 Å². The van der Waals surface area contributed by atoms with Crippen LogP contribution in [0.5, 0.6) is 17.2 Å². The number of nitrogens with zero attached hydrogens (tertiary/aromatic N) is 2. The topological polar surface area (TPSA) is 173 Å². The first-order valence-electron chi connectivity index (χ1n) is 13.3. The predicted octanol–water partition coefficient (Wildman–Crippen LogP) is 4.12. The molecule has 0 bridgehead atoms. The van der Waals surface area contributed by atoms with Crippen molar-refractivity contribution in [1.29, 1.82) is 0 Å². The quantitative estimate of drug-likeness (QED) is 0.287. The van der Waals surface area contributed by atoms with Crippen LogP contribution in [0.2, 0.25) is 0 Å². The summed E-state index contributed by atoms with van der Waals surface area (Å²) in [5.74, 6) is 0.735. The first kappa shape index (κ1) is 30.8. The van der Waals surface area contributed by atoms with Crippen LogP contribution < -0.4 is 24.1 Å². The van der Waals surface area contributed by atoms with Crippen LogP contribution in [0.3, 0.4) is 0 Å². The zero-order valence-corrected chi connectivity index (χ0v) is 25.3. The number of carbonyl (C=O) groups excluding carboxylic acids is 1. The normalized spacial score (nSPS) is 19.3. The standard InChI is InChI=1S/C27H38N4O8S2/c1-5-40(33,34)39-23-14-19(11-12-21(23)37-4)27(2,3)15-24(32)31-13-7-8-18(16-31)17-38-22-10-6-9-20-25(22)26(28)30-41(35,36)29-20/h6,9-12,14,18,29,35-36H,5,7-8,13,15-17H2,1-4H3,(H2,28,30). The first-order valence-corrected chi connectivity index (χ1v) is 16.4. The Kier molecular flexibility index (Phi) is 8.97. The van der Waals surface area contributed by atoms with E-state index >= 15 is 0 Å². The number of rotatable bonds is 10. The molecule has 2 aromatic rings. The van der Waals surface area contributed by atoms with Crippen molar-refractivity contribution in [3.05, 3.63) is 47.5 Å². The fraction of sp³-hybridized carbons (Fsp3) is 0.481. The fourth-order valence-corrected chi connectivity index (χ4v) is 6.34. The number of likely N-dealkylation sites (tertiary alicyclic amines) is 1. The van der Waals surface area contributed by atoms with E-state index in [9.17, 15) is 22.3 Å². The number of nitrogens with one attached hydrogen (secondary N) is 1. The number of benzene rings is 2. The Morgan fingerprint density at radius 2 is 1.98 bits per heavy atom. The van der Waals surface area contributed by atoms with E-state index in [0.717, 1.165) is 18.4 Å². The van der Waals surface area contributed by atoms with E-state index in [1.54, 1.807) is 30.3 Å². The average Bonchev–Trinajstić information content (AvgIpc) is 2.90. The Balaban J connectivity index is 1.41. The second-order valence-corrected chi connectivity index (χ2v) is 14.1. The third kappa shape index (κ3) is 7.36. The van der Waals surface area contributed by atoms with Crippen molar-refractivity contribution in [2.45, 2.75) is 45.4 Å². The van der Waals surface area contributed by atoms with Gasteiger partial charge in [0, 0.05) is 25.4 Å². The number of methoxy groups -OCH3 is 1. The summed E-state index contributed by atoms with van der Waals surface area (Å²) in [5.41, 5.74) is 7.04. The Hall–Kier alpha value is -3.20. The van der Waals surface area contributed by atoms with Crippen molar-refractivity contribution in [2.75, 3.05) is 37.3 Å². The van der Waals surface area contributed by atoms with E-state index in [0.29, 0.717) is 42.4 Å². The zero-order chi connectivity index (χ0) is 30.0. The Labute approximate surface area is 242 Å². The number of amides is 1. The molecule has 5 N–H and O–H groups in total. The number of nitrogens with two attached hydrogens (primary N) is 1. The van der Waals surface area contributed by atoms with Gasteiger partial charge in [0.25, 0.3) is 0 Å². The van der Waals surface area contributed by atoms with Gasteiger partial charge < -0.3 is 24.3 Å². The Bertz CT molecular complexity index is 1430. The summed E-state index contributed by atoms with van der Waals surface area (Å²) < 4.78 is 66.9. The molecule has 0 spiro atoms. The second kappa shape index (κ2) is 12.0. The molecule has 0 aromatic heterocycles. The van der Waals surface area contributed by atoms with Gasteiger partial charge in [-0.05, 0) is 66.0 Å². The van der Waals surface area contributed by atoms with E-state index in [4.69, 9.17) is 19.4 Å². The molecule has 0 saturated carbocycles. The Morgan fingerprint density at radius 3 is 2.68 bits per heavy atom. The van der Waals surface area contributed by atoms with E-state index in [1.807, 2.05) is 24.8 Å². The van der Waals surface area contributed by atoms with Gasteiger partial charge in [0.15, 0.2) is 17.3 Å². The minimum Gasteiger partial charge on any atom is -0.493 e. The zero-order valence-electron chi connectivity index (χ0n) is 23.6. The van der Waals surface area contributed by atoms with Crippen LogP contribution in [0, 0.1) is 5.92 Å². The molecule has 226 valence electrons. The molecular formula is C27H38N4O8S2. The molecule has 1 atom stereocenters. The van der Waals surface area contributed by atoms with Gasteiger partial charge in [-0.3, -0.25) is 18.6 Å². The molecular weight excluding hydrogens is 572 g/mol. The van der Waals surface area contributed by atoms with Gasteiger partial charge in [0.1, 0.15) is 5.75 Å². The number of amidine groups is 1. The summed E-state index contributed by atoms with van der Waals surface area (Å²) >= 11 is 0. The maximum absolute atomic E-state index is 13.4. The van der Waals surface area contributed by atoms with Crippen LogP contribution in [0.25, 0.3) is 0 Å². The summed E-state index contributed by atoms with van der Waals surface area (Å²) in [5, 5.41) is 0. The minimum absolute atomic E-state index is 0.0120. The molecule has 2 aliphatic rings. The molecule has 1 fully saturated rings. The highest BCUT2D eigenvalue weighted by Crippen LogP contribution is 2.47. The third-order valence-electron chi connectivity index (χ3n) is 7.21. The smallest absolute Gasteiger partial charge is 0.309 e. The van der Waals surface area contributed by atoms with Crippen LogP contribution in [0.1, 0.15) is 51.2 Å². The van der Waals surface area contributed by atoms with Crippen molar-refractivity contribution in [1.82, 2.24) is 4.90 Å². The maximum atomic E-state index is 13.4. The molecule has 2 aliphatic heterocycles. The lowest BCUT2D eigenvalue weighted by Crippen LogP contribution is -2.43. The lowest BCUT2D eigenvalue weighted by atomic mass is 9.80. The van der Waals surface area contributed by atoms with Gasteiger partial charge in [0.2, 0.25) is 5.91 Å². The van der Waals surface area contributed by atoms with Crippen LogP contribution in [-0.4, -0.2) is 66.7 Å². The monoisotopic (exact) mass is 610 g/mol. The highest BCUT2D eigenvalue weighted by molar-refractivity contribution is 8.24. The fourth-order valence-electron chi connectivity index (χ4n) is 4.94. The molecule has 1 unspecified atom stereocenters. The molecule has 0 aliphatic carbocycles. The van der Waals surface area contributed by atoms with E-state index in [-0.39, 0.29) is 35.6 Å². The minimum atomic E-state index is -3.76. The number of piperidine rings is 1. The van der Waals surface area contributed by atoms with Crippen LogP contribution in [-0.2, 0) is 20.3 Å². The van der Waals surface area contributed by atoms with Crippen molar-refractivity contribution in [3.63, 3.8) is 0 Å². The van der Waals surface area contributed by atoms with Crippen molar-refractivity contribution in [2.24, 2.45) is 16.0 Å². The number of ether oxygens (including phenoxy) is 2. The van der Waals surface area contributed by atoms with Gasteiger partial charge >= 0.3 is 10.1 Å². The number of hydrogen-bond donors (Lipinski definition) is 4. The number of fused-ring (bicyclic) bond motifs is 1. The highest BCUT2D eigenvalue weighted by Gasteiger charge is 2.32. The number of anilines is 1. The Morgan fingerprint density at radius 1 is 1.22 bits per heavy atom. The van der Waals surface area contributed by atoms with E-state index in [2.05, 4.69) is 9.12 Å². The molecule has 4 rings (SSSR count). The summed E-state index contributed by atoms with van der Waals surface area (Å²) in [7, 11) is -5.71. The number of carbonyl (C=O) groups is 1. The number of hydrogen-bond acceptors (Lipinski definition) is 11. The average molecular weight is 611 g/mol. The van der Waals surface area contributed by atoms with Crippen molar-refractivity contribution >= 4 is 38.5 Å². The molecule has 1 amide bonds. The molecule has 41 heavy (non-hydrogen) atoms. The lowest BCUT2D eigenvalue weighted by Gasteiger charge is -2.36. The van der Waals surface area contributed by atoms with E-state index in [1.165, 1.54) is 14.0 Å². The maximum Gasteiger partial charge on any atom is 0.309 e. The first-order chi connectivity index (χ1) is 19.2. The lowest BCUT2D eigenvalue weighted by molar-refractivity contribution is -0.134. The van der Waals surface area contributed by atoms with Crippen LogP contribution in [0.15, 0.2) is 40.8 Å². The molecule has 2 aromatic carbocycles. The van der Waals surface area contributed by atoms with Gasteiger partial charge in [-0.15, -0.1) is 4.40 Å². The predicted molar refractivity (Wildman–Crippen MR) is 159 cm³/mol. The van der Waals surface area contributed by atoms with Crippen LogP contribution >= 0.6 is 11.0 Å². The molecule has 12 nitrogen and oxygen atoms in total. The SMILES string of the molecule is CCS(=O)(=O)Oc1cc(C(C)(C)CC(=O)N2CCCC(COc3cccc4c3C(N)=NS(O)(O)N4)C2)ccc1OC. The highest BCUT2D eigenvalue weighted by atomic mass is 32.3. The molecule has 1 saturated heterocycles. The summed E-state index contributed by atoms with van der Waals surface area (Å²) in [6, 6.07) is 10.2. The molecule has 2 heterocycles. The third-order valence-corrected chi connectivity index (χ3v) is 9.30. The van der Waals surface area contributed by atoms with Gasteiger partial charge in [0.05, 0.1) is 30.7 Å². The second-order valence-electron chi connectivity index (χ2n) is 10.8. The van der Waals surface area contributed by atoms with Gasteiger partial charge in [-0.1, -0.05) is 26.0 Å². The molecule has 14 heteroatoms. The van der Waals surface area contributed by atoms with Crippen LogP contribution in [0.4, 0.5) is 5.69 Å².